The van der Waals surface area contributed by atoms with Gasteiger partial charge in [0, 0.05) is 17.5 Å². The van der Waals surface area contributed by atoms with Crippen LogP contribution in [0.2, 0.25) is 0 Å². The molecule has 1 aromatic rings. The molecule has 0 saturated heterocycles. The summed E-state index contributed by atoms with van der Waals surface area (Å²) in [7, 11) is 1.78. The van der Waals surface area contributed by atoms with E-state index in [1.165, 1.54) is 34.9 Å². The molecule has 0 saturated carbocycles. The van der Waals surface area contributed by atoms with Gasteiger partial charge in [0.15, 0.2) is 0 Å². The van der Waals surface area contributed by atoms with Crippen LogP contribution in [0.5, 0.6) is 0 Å². The Kier molecular flexibility index (Phi) is 3.24. The summed E-state index contributed by atoms with van der Waals surface area (Å²) in [4.78, 5) is 0. The number of halogens is 1. The van der Waals surface area contributed by atoms with Gasteiger partial charge in [-0.3, -0.25) is 0 Å². The summed E-state index contributed by atoms with van der Waals surface area (Å²) in [6.45, 7) is 0.856. The highest BCUT2D eigenvalue weighted by atomic mass is 79.9. The third-order valence-electron chi connectivity index (χ3n) is 2.91. The lowest BCUT2D eigenvalue weighted by Crippen LogP contribution is -2.14. The Morgan fingerprint density at radius 3 is 3.14 bits per heavy atom. The molecule has 0 bridgehead atoms. The molecule has 0 N–H and O–H groups in total. The van der Waals surface area contributed by atoms with E-state index in [0.29, 0.717) is 5.92 Å². The third kappa shape index (κ3) is 2.01. The van der Waals surface area contributed by atoms with E-state index in [0.717, 1.165) is 6.61 Å². The van der Waals surface area contributed by atoms with Crippen molar-refractivity contribution in [1.82, 2.24) is 0 Å². The van der Waals surface area contributed by atoms with Crippen molar-refractivity contribution in [3.63, 3.8) is 0 Å². The smallest absolute Gasteiger partial charge is 0.0531 e. The van der Waals surface area contributed by atoms with E-state index in [4.69, 9.17) is 4.74 Å². The van der Waals surface area contributed by atoms with E-state index < -0.39 is 0 Å². The molecule has 1 atom stereocenters. The lowest BCUT2D eigenvalue weighted by molar-refractivity contribution is 0.172. The van der Waals surface area contributed by atoms with Gasteiger partial charge in [-0.25, -0.2) is 0 Å². The molecule has 2 rings (SSSR count). The average molecular weight is 255 g/mol. The number of aryl methyl sites for hydroxylation is 1. The first-order chi connectivity index (χ1) is 6.81. The Morgan fingerprint density at radius 1 is 1.50 bits per heavy atom. The Balaban J connectivity index is 2.30. The molecule has 0 spiro atoms. The fourth-order valence-electron chi connectivity index (χ4n) is 2.26. The van der Waals surface area contributed by atoms with Gasteiger partial charge < -0.3 is 4.74 Å². The second-order valence-electron chi connectivity index (χ2n) is 3.89. The molecule has 1 aliphatic carbocycles. The highest BCUT2D eigenvalue weighted by Gasteiger charge is 2.19. The number of hydrogen-bond acceptors (Lipinski definition) is 1. The summed E-state index contributed by atoms with van der Waals surface area (Å²) in [6.07, 6.45) is 3.77. The molecule has 1 unspecified atom stereocenters. The van der Waals surface area contributed by atoms with Gasteiger partial charge in [-0.15, -0.1) is 0 Å². The summed E-state index contributed by atoms with van der Waals surface area (Å²) in [5, 5.41) is 0. The zero-order valence-electron chi connectivity index (χ0n) is 8.42. The van der Waals surface area contributed by atoms with Crippen molar-refractivity contribution in [2.24, 2.45) is 0 Å². The van der Waals surface area contributed by atoms with Crippen LogP contribution in [0.4, 0.5) is 0 Å². The predicted molar refractivity (Wildman–Crippen MR) is 61.7 cm³/mol. The van der Waals surface area contributed by atoms with Crippen LogP contribution >= 0.6 is 15.9 Å². The van der Waals surface area contributed by atoms with Crippen LogP contribution in [-0.4, -0.2) is 13.7 Å². The van der Waals surface area contributed by atoms with E-state index in [1.54, 1.807) is 7.11 Å². The van der Waals surface area contributed by atoms with Crippen molar-refractivity contribution in [2.75, 3.05) is 13.7 Å². The summed E-state index contributed by atoms with van der Waals surface area (Å²) in [5.41, 5.74) is 2.98. The Labute approximate surface area is 93.6 Å². The highest BCUT2D eigenvalue weighted by Crippen LogP contribution is 2.33. The Hall–Kier alpha value is -0.340. The van der Waals surface area contributed by atoms with Gasteiger partial charge >= 0.3 is 0 Å². The molecule has 0 aromatic heterocycles. The molecule has 0 radical (unpaired) electrons. The van der Waals surface area contributed by atoms with E-state index in [9.17, 15) is 0 Å². The van der Waals surface area contributed by atoms with Gasteiger partial charge in [0.2, 0.25) is 0 Å². The minimum absolute atomic E-state index is 0.608. The normalized spacial score (nSPS) is 20.6. The number of methoxy groups -OCH3 is 1. The largest absolute Gasteiger partial charge is 0.384 e. The van der Waals surface area contributed by atoms with Crippen molar-refractivity contribution in [3.8, 4) is 0 Å². The summed E-state index contributed by atoms with van der Waals surface area (Å²) >= 11 is 3.52. The summed E-state index contributed by atoms with van der Waals surface area (Å²) < 4.78 is 6.45. The molecule has 0 amide bonds. The third-order valence-corrected chi connectivity index (χ3v) is 3.40. The van der Waals surface area contributed by atoms with Crippen LogP contribution in [0.25, 0.3) is 0 Å². The van der Waals surface area contributed by atoms with Crippen molar-refractivity contribution in [3.05, 3.63) is 33.8 Å². The number of benzene rings is 1. The summed E-state index contributed by atoms with van der Waals surface area (Å²) in [5.74, 6) is 0.608. The van der Waals surface area contributed by atoms with Crippen LogP contribution in [-0.2, 0) is 11.2 Å². The van der Waals surface area contributed by atoms with Crippen LogP contribution in [0.3, 0.4) is 0 Å². The molecule has 2 heteroatoms. The minimum Gasteiger partial charge on any atom is -0.384 e. The maximum atomic E-state index is 5.26. The second kappa shape index (κ2) is 4.45. The molecule has 1 nitrogen and oxygen atoms in total. The van der Waals surface area contributed by atoms with Gasteiger partial charge in [-0.1, -0.05) is 22.0 Å². The molecule has 0 aliphatic heterocycles. The number of hydrogen-bond donors (Lipinski definition) is 0. The van der Waals surface area contributed by atoms with Crippen molar-refractivity contribution in [1.29, 1.82) is 0 Å². The number of ether oxygens (including phenoxy) is 1. The first-order valence-corrected chi connectivity index (χ1v) is 5.88. The molecule has 0 heterocycles. The van der Waals surface area contributed by atoms with E-state index >= 15 is 0 Å². The van der Waals surface area contributed by atoms with Crippen molar-refractivity contribution in [2.45, 2.75) is 25.2 Å². The molecular weight excluding hydrogens is 240 g/mol. The topological polar surface area (TPSA) is 9.23 Å². The van der Waals surface area contributed by atoms with Crippen LogP contribution in [0.15, 0.2) is 22.7 Å². The molecule has 0 fully saturated rings. The average Bonchev–Trinajstić information content (AvgIpc) is 2.18. The van der Waals surface area contributed by atoms with E-state index in [1.807, 2.05) is 0 Å². The maximum absolute atomic E-state index is 5.26. The summed E-state index contributed by atoms with van der Waals surface area (Å²) in [6, 6.07) is 6.62. The number of rotatable bonds is 2. The van der Waals surface area contributed by atoms with Crippen LogP contribution in [0.1, 0.15) is 29.9 Å². The minimum atomic E-state index is 0.608. The van der Waals surface area contributed by atoms with Gasteiger partial charge in [-0.2, -0.15) is 0 Å². The number of fused-ring (bicyclic) bond motifs is 1. The predicted octanol–water partition coefficient (Wildman–Crippen LogP) is 3.52. The first kappa shape index (κ1) is 10.2. The zero-order valence-corrected chi connectivity index (χ0v) is 10.0. The van der Waals surface area contributed by atoms with Crippen molar-refractivity contribution < 1.29 is 4.74 Å². The fourth-order valence-corrected chi connectivity index (χ4v) is 2.67. The fraction of sp³-hybridized carbons (Fsp3) is 0.500. The lowest BCUT2D eigenvalue weighted by atomic mass is 9.83. The molecule has 14 heavy (non-hydrogen) atoms. The van der Waals surface area contributed by atoms with E-state index in [-0.39, 0.29) is 0 Å². The van der Waals surface area contributed by atoms with Crippen molar-refractivity contribution >= 4 is 15.9 Å². The van der Waals surface area contributed by atoms with Crippen LogP contribution < -0.4 is 0 Å². The SMILES string of the molecule is COCC1CCCc2cc(Br)ccc21. The van der Waals surface area contributed by atoms with Gasteiger partial charge in [-0.05, 0) is 42.5 Å². The van der Waals surface area contributed by atoms with Gasteiger partial charge in [0.05, 0.1) is 6.61 Å². The Morgan fingerprint density at radius 2 is 2.36 bits per heavy atom. The first-order valence-electron chi connectivity index (χ1n) is 5.08. The molecule has 76 valence electrons. The van der Waals surface area contributed by atoms with Gasteiger partial charge in [0.25, 0.3) is 0 Å². The quantitative estimate of drug-likeness (QED) is 0.785. The Bertz CT molecular complexity index is 322. The zero-order chi connectivity index (χ0) is 9.97. The lowest BCUT2D eigenvalue weighted by Gasteiger charge is -2.25. The molecular formula is C12H15BrO. The molecule has 1 aromatic carbocycles. The second-order valence-corrected chi connectivity index (χ2v) is 4.80. The van der Waals surface area contributed by atoms with E-state index in [2.05, 4.69) is 34.1 Å². The monoisotopic (exact) mass is 254 g/mol. The highest BCUT2D eigenvalue weighted by molar-refractivity contribution is 9.10. The molecule has 1 aliphatic rings. The van der Waals surface area contributed by atoms with Gasteiger partial charge in [0.1, 0.15) is 0 Å². The van der Waals surface area contributed by atoms with Crippen LogP contribution in [0, 0.1) is 0 Å². The standard InChI is InChI=1S/C12H15BrO/c1-14-8-10-4-2-3-9-7-11(13)5-6-12(9)10/h5-7,10H,2-4,8H2,1H3. The maximum Gasteiger partial charge on any atom is 0.0531 e.